The van der Waals surface area contributed by atoms with Crippen LogP contribution in [0, 0.1) is 0 Å². The summed E-state index contributed by atoms with van der Waals surface area (Å²) >= 11 is 0. The number of rotatable bonds is 7. The first kappa shape index (κ1) is 28.2. The van der Waals surface area contributed by atoms with E-state index in [4.69, 9.17) is 0 Å². The van der Waals surface area contributed by atoms with E-state index in [0.29, 0.717) is 0 Å². The molecule has 222 valence electrons. The number of nitrogens with one attached hydrogen (secondary N) is 2. The molecule has 2 aliphatic rings. The maximum atomic E-state index is 4.16. The van der Waals surface area contributed by atoms with E-state index in [0.717, 1.165) is 0 Å². The molecule has 0 amide bonds. The van der Waals surface area contributed by atoms with E-state index in [1.165, 1.54) is 55.7 Å². The van der Waals surface area contributed by atoms with Gasteiger partial charge in [0.05, 0.1) is 24.2 Å². The molecule has 0 aliphatic carbocycles. The van der Waals surface area contributed by atoms with Crippen molar-refractivity contribution in [2.24, 2.45) is 0 Å². The third-order valence-electron chi connectivity index (χ3n) is 9.39. The molecule has 2 nitrogen and oxygen atoms in total. The molecular formula is C44H36N2. The van der Waals surface area contributed by atoms with Crippen molar-refractivity contribution in [2.45, 2.75) is 24.2 Å². The zero-order valence-electron chi connectivity index (χ0n) is 25.6. The Bertz CT molecular complexity index is 1820. The van der Waals surface area contributed by atoms with Gasteiger partial charge in [-0.2, -0.15) is 0 Å². The first-order chi connectivity index (χ1) is 22.9. The molecule has 0 bridgehead atoms. The minimum atomic E-state index is -0.0159. The highest BCUT2D eigenvalue weighted by molar-refractivity contribution is 5.89. The Labute approximate surface area is 271 Å². The van der Waals surface area contributed by atoms with E-state index in [2.05, 4.69) is 193 Å². The average Bonchev–Trinajstić information content (AvgIpc) is 3.74. The van der Waals surface area contributed by atoms with Crippen molar-refractivity contribution in [2.75, 3.05) is 0 Å². The summed E-state index contributed by atoms with van der Waals surface area (Å²) in [6.45, 7) is 0. The normalized spacial score (nSPS) is 21.1. The Hall–Kier alpha value is -5.28. The van der Waals surface area contributed by atoms with E-state index < -0.39 is 0 Å². The van der Waals surface area contributed by atoms with E-state index in [1.807, 2.05) is 0 Å². The van der Waals surface area contributed by atoms with Crippen molar-refractivity contribution in [1.29, 1.82) is 0 Å². The lowest BCUT2D eigenvalue weighted by molar-refractivity contribution is 0.577. The summed E-state index contributed by atoms with van der Waals surface area (Å²) in [5.41, 5.74) is 12.9. The van der Waals surface area contributed by atoms with E-state index in [9.17, 15) is 0 Å². The maximum absolute atomic E-state index is 4.16. The van der Waals surface area contributed by atoms with Gasteiger partial charge in [-0.3, -0.25) is 10.6 Å². The largest absolute Gasteiger partial charge is 0.295 e. The van der Waals surface area contributed by atoms with Gasteiger partial charge < -0.3 is 0 Å². The predicted octanol–water partition coefficient (Wildman–Crippen LogP) is 10.1. The van der Waals surface area contributed by atoms with Crippen LogP contribution < -0.4 is 10.6 Å². The van der Waals surface area contributed by atoms with Crippen LogP contribution in [0.2, 0.25) is 0 Å². The summed E-state index contributed by atoms with van der Waals surface area (Å²) < 4.78 is 0. The third-order valence-corrected chi connectivity index (χ3v) is 9.39. The monoisotopic (exact) mass is 592 g/mol. The third kappa shape index (κ3) is 5.22. The fourth-order valence-electron chi connectivity index (χ4n) is 7.40. The first-order valence-electron chi connectivity index (χ1n) is 16.2. The van der Waals surface area contributed by atoms with Gasteiger partial charge in [0.1, 0.15) is 0 Å². The minimum absolute atomic E-state index is 0.0144. The standard InChI is InChI=1S/C44H36N2/c1-7-19-31(20-8-1)37-39(43(35-27-15-5-16-28-35)45-41(37)33-23-11-3-12-24-33)40-38(32-21-9-2-10-22-32)42(34-25-13-4-14-26-34)46-44(40)36-29-17-6-18-30-36/h1-30,41-46H. The highest BCUT2D eigenvalue weighted by Crippen LogP contribution is 2.56. The summed E-state index contributed by atoms with van der Waals surface area (Å²) in [5, 5.41) is 8.32. The van der Waals surface area contributed by atoms with Crippen LogP contribution in [-0.4, -0.2) is 0 Å². The topological polar surface area (TPSA) is 24.1 Å². The molecule has 4 unspecified atom stereocenters. The number of hydrogen-bond acceptors (Lipinski definition) is 2. The van der Waals surface area contributed by atoms with Gasteiger partial charge in [0.2, 0.25) is 0 Å². The maximum Gasteiger partial charge on any atom is 0.0593 e. The molecule has 0 spiro atoms. The van der Waals surface area contributed by atoms with E-state index in [-0.39, 0.29) is 24.2 Å². The van der Waals surface area contributed by atoms with Gasteiger partial charge in [0, 0.05) is 0 Å². The molecule has 46 heavy (non-hydrogen) atoms. The molecular weight excluding hydrogens is 556 g/mol. The number of hydrogen-bond donors (Lipinski definition) is 2. The Morgan fingerprint density at radius 3 is 0.717 bits per heavy atom. The fraction of sp³-hybridized carbons (Fsp3) is 0.0909. The molecule has 6 aromatic carbocycles. The molecule has 0 saturated carbocycles. The lowest BCUT2D eigenvalue weighted by atomic mass is 9.80. The zero-order chi connectivity index (χ0) is 30.7. The van der Waals surface area contributed by atoms with E-state index >= 15 is 0 Å². The lowest BCUT2D eigenvalue weighted by Crippen LogP contribution is -2.23. The summed E-state index contributed by atoms with van der Waals surface area (Å²) in [5.74, 6) is 0. The molecule has 2 heteroatoms. The molecule has 6 aromatic rings. The van der Waals surface area contributed by atoms with Crippen molar-refractivity contribution in [3.8, 4) is 0 Å². The van der Waals surface area contributed by atoms with Crippen molar-refractivity contribution in [3.05, 3.63) is 227 Å². The van der Waals surface area contributed by atoms with E-state index in [1.54, 1.807) is 0 Å². The van der Waals surface area contributed by atoms with Crippen molar-refractivity contribution >= 4 is 11.1 Å². The summed E-state index contributed by atoms with van der Waals surface area (Å²) in [6, 6.07) is 65.8. The SMILES string of the molecule is c1ccc(C2=C(C3=C(c4ccccc4)C(c4ccccc4)NC3c3ccccc3)C(c3ccccc3)NC2c2ccccc2)cc1. The summed E-state index contributed by atoms with van der Waals surface area (Å²) in [6.07, 6.45) is 0. The molecule has 2 heterocycles. The Morgan fingerprint density at radius 2 is 0.457 bits per heavy atom. The fourth-order valence-corrected chi connectivity index (χ4v) is 7.40. The van der Waals surface area contributed by atoms with Crippen LogP contribution in [0.1, 0.15) is 57.5 Å². The van der Waals surface area contributed by atoms with Crippen LogP contribution in [0.3, 0.4) is 0 Å². The van der Waals surface area contributed by atoms with Crippen molar-refractivity contribution in [1.82, 2.24) is 10.6 Å². The van der Waals surface area contributed by atoms with Crippen LogP contribution in [0.4, 0.5) is 0 Å². The van der Waals surface area contributed by atoms with Gasteiger partial charge in [-0.05, 0) is 55.7 Å². The molecule has 2 aliphatic heterocycles. The molecule has 0 fully saturated rings. The average molecular weight is 593 g/mol. The van der Waals surface area contributed by atoms with Gasteiger partial charge in [0.15, 0.2) is 0 Å². The number of benzene rings is 6. The predicted molar refractivity (Wildman–Crippen MR) is 190 cm³/mol. The second kappa shape index (κ2) is 12.6. The molecule has 0 aromatic heterocycles. The molecule has 4 atom stereocenters. The highest BCUT2D eigenvalue weighted by Gasteiger charge is 2.44. The van der Waals surface area contributed by atoms with Crippen molar-refractivity contribution in [3.63, 3.8) is 0 Å². The van der Waals surface area contributed by atoms with Gasteiger partial charge in [-0.25, -0.2) is 0 Å². The zero-order valence-corrected chi connectivity index (χ0v) is 25.6. The second-order valence-corrected chi connectivity index (χ2v) is 12.1. The van der Waals surface area contributed by atoms with Gasteiger partial charge in [-0.15, -0.1) is 0 Å². The Balaban J connectivity index is 1.50. The highest BCUT2D eigenvalue weighted by atomic mass is 15.0. The van der Waals surface area contributed by atoms with Gasteiger partial charge in [0.25, 0.3) is 0 Å². The molecule has 0 saturated heterocycles. The quantitative estimate of drug-likeness (QED) is 0.193. The van der Waals surface area contributed by atoms with Crippen LogP contribution in [-0.2, 0) is 0 Å². The Morgan fingerprint density at radius 1 is 0.239 bits per heavy atom. The van der Waals surface area contributed by atoms with Crippen LogP contribution in [0.5, 0.6) is 0 Å². The van der Waals surface area contributed by atoms with Crippen LogP contribution in [0.25, 0.3) is 11.1 Å². The van der Waals surface area contributed by atoms with Crippen molar-refractivity contribution < 1.29 is 0 Å². The van der Waals surface area contributed by atoms with Crippen LogP contribution >= 0.6 is 0 Å². The molecule has 8 rings (SSSR count). The van der Waals surface area contributed by atoms with Crippen LogP contribution in [0.15, 0.2) is 193 Å². The Kier molecular flexibility index (Phi) is 7.73. The molecule has 2 N–H and O–H groups in total. The van der Waals surface area contributed by atoms with Gasteiger partial charge in [-0.1, -0.05) is 182 Å². The van der Waals surface area contributed by atoms with Gasteiger partial charge >= 0.3 is 0 Å². The smallest absolute Gasteiger partial charge is 0.0593 e. The second-order valence-electron chi connectivity index (χ2n) is 12.1. The summed E-state index contributed by atoms with van der Waals surface area (Å²) in [4.78, 5) is 0. The molecule has 0 radical (unpaired) electrons. The minimum Gasteiger partial charge on any atom is -0.295 e. The first-order valence-corrected chi connectivity index (χ1v) is 16.2. The lowest BCUT2D eigenvalue weighted by Gasteiger charge is -2.24. The summed E-state index contributed by atoms with van der Waals surface area (Å²) in [7, 11) is 0.